The van der Waals surface area contributed by atoms with Gasteiger partial charge in [-0.2, -0.15) is 4.31 Å². The molecule has 2 heterocycles. The van der Waals surface area contributed by atoms with Crippen LogP contribution in [0.5, 0.6) is 5.75 Å². The quantitative estimate of drug-likeness (QED) is 0.118. The summed E-state index contributed by atoms with van der Waals surface area (Å²) in [5.74, 6) is 0.617. The van der Waals surface area contributed by atoms with Gasteiger partial charge in [0.2, 0.25) is 15.9 Å². The summed E-state index contributed by atoms with van der Waals surface area (Å²) in [4.78, 5) is 18.0. The Balaban J connectivity index is 1.45. The summed E-state index contributed by atoms with van der Waals surface area (Å²) in [7, 11) is -2.25. The smallest absolute Gasteiger partial charge is 0.243 e. The maximum absolute atomic E-state index is 14.5. The average Bonchev–Trinajstić information content (AvgIpc) is 3.18. The van der Waals surface area contributed by atoms with E-state index in [1.165, 1.54) is 4.31 Å². The van der Waals surface area contributed by atoms with Gasteiger partial charge < -0.3 is 33.5 Å². The minimum Gasteiger partial charge on any atom is -0.490 e. The molecule has 55 heavy (non-hydrogen) atoms. The van der Waals surface area contributed by atoms with E-state index in [0.717, 1.165) is 53.2 Å². The number of fused-ring (bicyclic) bond motifs is 1. The first-order valence-electron chi connectivity index (χ1n) is 19.8. The van der Waals surface area contributed by atoms with Crippen LogP contribution in [0.25, 0.3) is 0 Å². The van der Waals surface area contributed by atoms with Crippen LogP contribution in [-0.4, -0.2) is 108 Å². The Labute approximate surface area is 328 Å². The first kappa shape index (κ1) is 42.6. The Bertz CT molecular complexity index is 1750. The summed E-state index contributed by atoms with van der Waals surface area (Å²) in [6, 6.07) is 20.8. The highest BCUT2D eigenvalue weighted by molar-refractivity contribution is 7.89. The molecule has 0 bridgehead atoms. The highest BCUT2D eigenvalue weighted by atomic mass is 32.2. The van der Waals surface area contributed by atoms with Gasteiger partial charge in [0.25, 0.3) is 0 Å². The van der Waals surface area contributed by atoms with Crippen molar-refractivity contribution >= 4 is 21.6 Å². The van der Waals surface area contributed by atoms with E-state index < -0.39 is 22.2 Å². The van der Waals surface area contributed by atoms with Crippen LogP contribution in [0.15, 0.2) is 71.6 Å². The summed E-state index contributed by atoms with van der Waals surface area (Å²) in [5, 5.41) is 0. The van der Waals surface area contributed by atoms with E-state index in [2.05, 4.69) is 35.2 Å². The van der Waals surface area contributed by atoms with Crippen molar-refractivity contribution in [1.29, 1.82) is 0 Å². The fourth-order valence-electron chi connectivity index (χ4n) is 7.55. The Morgan fingerprint density at radius 2 is 1.71 bits per heavy atom. The molecule has 1 saturated heterocycles. The maximum atomic E-state index is 14.5. The second-order valence-electron chi connectivity index (χ2n) is 14.5. The molecule has 0 radical (unpaired) electrons. The third kappa shape index (κ3) is 11.3. The molecule has 2 aliphatic rings. The summed E-state index contributed by atoms with van der Waals surface area (Å²) in [6.45, 7) is 15.9. The van der Waals surface area contributed by atoms with Crippen molar-refractivity contribution < 1.29 is 36.9 Å². The van der Waals surface area contributed by atoms with Crippen molar-refractivity contribution in [3.8, 4) is 5.75 Å². The number of amides is 1. The Morgan fingerprint density at radius 1 is 0.982 bits per heavy atom. The Kier molecular flexibility index (Phi) is 16.0. The highest BCUT2D eigenvalue weighted by Gasteiger charge is 2.44. The van der Waals surface area contributed by atoms with E-state index in [9.17, 15) is 13.2 Å². The lowest BCUT2D eigenvalue weighted by Crippen LogP contribution is -2.53. The molecule has 3 aromatic carbocycles. The number of aryl methyl sites for hydroxylation is 1. The molecule has 0 unspecified atom stereocenters. The number of methoxy groups -OCH3 is 1. The molecule has 0 aromatic heterocycles. The van der Waals surface area contributed by atoms with Gasteiger partial charge in [-0.1, -0.05) is 48.0 Å². The number of sulfonamides is 1. The summed E-state index contributed by atoms with van der Waals surface area (Å²) < 4.78 is 60.1. The zero-order valence-corrected chi connectivity index (χ0v) is 34.4. The molecule has 12 heteroatoms. The fourth-order valence-corrected chi connectivity index (χ4v) is 9.19. The van der Waals surface area contributed by atoms with Crippen LogP contribution in [0.1, 0.15) is 75.1 Å². The molecule has 3 aromatic rings. The zero-order chi connectivity index (χ0) is 39.4. The monoisotopic (exact) mass is 779 g/mol. The van der Waals surface area contributed by atoms with Crippen molar-refractivity contribution in [2.24, 2.45) is 0 Å². The van der Waals surface area contributed by atoms with Gasteiger partial charge in [0.1, 0.15) is 12.4 Å². The number of anilines is 1. The van der Waals surface area contributed by atoms with Gasteiger partial charge in [-0.15, -0.1) is 0 Å². The van der Waals surface area contributed by atoms with Gasteiger partial charge in [0.05, 0.1) is 49.2 Å². The van der Waals surface area contributed by atoms with Crippen LogP contribution in [0.3, 0.4) is 0 Å². The van der Waals surface area contributed by atoms with E-state index in [4.69, 9.17) is 23.7 Å². The molecule has 1 fully saturated rings. The lowest BCUT2D eigenvalue weighted by atomic mass is 9.82. The molecular formula is C43H61N3O8S. The number of hydrogen-bond donors (Lipinski definition) is 0. The summed E-state index contributed by atoms with van der Waals surface area (Å²) in [6.07, 6.45) is 0.945. The summed E-state index contributed by atoms with van der Waals surface area (Å²) >= 11 is 0. The molecule has 11 nitrogen and oxygen atoms in total. The van der Waals surface area contributed by atoms with Gasteiger partial charge in [0, 0.05) is 64.9 Å². The van der Waals surface area contributed by atoms with Gasteiger partial charge in [-0.05, 0) is 88.4 Å². The second kappa shape index (κ2) is 20.6. The third-order valence-corrected chi connectivity index (χ3v) is 12.5. The van der Waals surface area contributed by atoms with E-state index in [0.29, 0.717) is 52.5 Å². The zero-order valence-electron chi connectivity index (χ0n) is 33.6. The van der Waals surface area contributed by atoms with Crippen molar-refractivity contribution in [1.82, 2.24) is 9.21 Å². The molecular weight excluding hydrogens is 719 g/mol. The fraction of sp³-hybridized carbons (Fsp3) is 0.558. The largest absolute Gasteiger partial charge is 0.490 e. The van der Waals surface area contributed by atoms with Crippen LogP contribution in [0.2, 0.25) is 0 Å². The SMILES string of the molecule is CCO[C@H](C)COCc1ccc([C@H]2C[C@H](CC(=O)N(CC)CC)N(S(=O)(=O)c3ccc(C)cc3)C[C@@H]2OCc2ccc3c(c2)N(CCCOC)CCO3)cc1. The number of hydrogen-bond acceptors (Lipinski definition) is 9. The van der Waals surface area contributed by atoms with Gasteiger partial charge in [-0.25, -0.2) is 8.42 Å². The lowest BCUT2D eigenvalue weighted by molar-refractivity contribution is -0.132. The number of ether oxygens (including phenoxy) is 5. The number of carbonyl (C=O) groups excluding carboxylic acids is 1. The average molecular weight is 780 g/mol. The predicted molar refractivity (Wildman–Crippen MR) is 215 cm³/mol. The van der Waals surface area contributed by atoms with Gasteiger partial charge in [0.15, 0.2) is 0 Å². The highest BCUT2D eigenvalue weighted by Crippen LogP contribution is 2.39. The van der Waals surface area contributed by atoms with Crippen LogP contribution in [0.4, 0.5) is 5.69 Å². The van der Waals surface area contributed by atoms with Crippen LogP contribution in [0, 0.1) is 6.92 Å². The minimum atomic E-state index is -3.97. The summed E-state index contributed by atoms with van der Waals surface area (Å²) in [5.41, 5.74) is 5.03. The molecule has 0 spiro atoms. The number of rotatable bonds is 20. The van der Waals surface area contributed by atoms with Crippen LogP contribution < -0.4 is 9.64 Å². The van der Waals surface area contributed by atoms with Crippen LogP contribution in [-0.2, 0) is 47.0 Å². The number of carbonyl (C=O) groups is 1. The minimum absolute atomic E-state index is 0.0147. The molecule has 0 saturated carbocycles. The van der Waals surface area contributed by atoms with Crippen molar-refractivity contribution in [2.45, 2.75) is 96.2 Å². The molecule has 4 atom stereocenters. The van der Waals surface area contributed by atoms with Crippen molar-refractivity contribution in [2.75, 3.05) is 71.2 Å². The first-order valence-corrected chi connectivity index (χ1v) is 21.3. The second-order valence-corrected chi connectivity index (χ2v) is 16.4. The van der Waals surface area contributed by atoms with E-state index in [1.54, 1.807) is 24.1 Å². The van der Waals surface area contributed by atoms with Gasteiger partial charge >= 0.3 is 0 Å². The Morgan fingerprint density at radius 3 is 2.40 bits per heavy atom. The third-order valence-electron chi connectivity index (χ3n) is 10.6. The number of nitrogens with zero attached hydrogens (tertiary/aromatic N) is 3. The van der Waals surface area contributed by atoms with E-state index >= 15 is 0 Å². The molecule has 1 amide bonds. The Hall–Kier alpha value is -3.52. The molecule has 0 aliphatic carbocycles. The van der Waals surface area contributed by atoms with Crippen LogP contribution >= 0.6 is 0 Å². The predicted octanol–water partition coefficient (Wildman–Crippen LogP) is 6.56. The molecule has 0 N–H and O–H groups in total. The molecule has 302 valence electrons. The standard InChI is InChI=1S/C43H61N3O8S/c1-7-44(8-2)43(47)27-37-26-39(36-16-13-34(14-17-36)30-51-29-33(5)52-9-3)42(28-46(37)55(48,49)38-18-11-32(4)12-19-38)54-31-35-15-20-41-40(25-35)45(22-24-53-41)21-10-23-50-6/h11-20,25,33,37,39,42H,7-10,21-24,26-31H2,1-6H3/t33-,37-,39-,42+/m1/s1. The van der Waals surface area contributed by atoms with E-state index in [1.807, 2.05) is 58.9 Å². The van der Waals surface area contributed by atoms with Crippen molar-refractivity contribution in [3.63, 3.8) is 0 Å². The topological polar surface area (TPSA) is 107 Å². The van der Waals surface area contributed by atoms with E-state index in [-0.39, 0.29) is 42.4 Å². The van der Waals surface area contributed by atoms with Crippen molar-refractivity contribution in [3.05, 3.63) is 89.0 Å². The normalized spacial score (nSPS) is 19.5. The molecule has 5 rings (SSSR count). The van der Waals surface area contributed by atoms with Gasteiger partial charge in [-0.3, -0.25) is 4.79 Å². The number of piperidine rings is 1. The maximum Gasteiger partial charge on any atom is 0.243 e. The lowest BCUT2D eigenvalue weighted by Gasteiger charge is -2.43. The first-order chi connectivity index (χ1) is 26.6. The molecule has 2 aliphatic heterocycles. The number of benzene rings is 3.